The van der Waals surface area contributed by atoms with E-state index in [0.717, 1.165) is 12.8 Å². The third-order valence-corrected chi connectivity index (χ3v) is 5.05. The van der Waals surface area contributed by atoms with Crippen LogP contribution in [0.3, 0.4) is 0 Å². The summed E-state index contributed by atoms with van der Waals surface area (Å²) in [5.74, 6) is 0.0849. The number of rotatable bonds is 7. The SMILES string of the molecule is O=C(Cn1c(=O)oc2ccccc21)NCCn1nc(-c2ccco2)n(C2CC2)c1=O. The van der Waals surface area contributed by atoms with E-state index in [-0.39, 0.29) is 37.3 Å². The number of para-hydroxylation sites is 2. The van der Waals surface area contributed by atoms with Crippen LogP contribution in [0.5, 0.6) is 0 Å². The van der Waals surface area contributed by atoms with Gasteiger partial charge in [0.05, 0.1) is 18.3 Å². The molecule has 10 heteroatoms. The summed E-state index contributed by atoms with van der Waals surface area (Å²) in [6.07, 6.45) is 3.41. The molecule has 5 rings (SSSR count). The van der Waals surface area contributed by atoms with E-state index in [1.807, 2.05) is 0 Å². The van der Waals surface area contributed by atoms with Gasteiger partial charge in [0.15, 0.2) is 11.3 Å². The van der Waals surface area contributed by atoms with Crippen molar-refractivity contribution in [3.05, 3.63) is 63.7 Å². The highest BCUT2D eigenvalue weighted by Crippen LogP contribution is 2.36. The molecule has 1 amide bonds. The van der Waals surface area contributed by atoms with Gasteiger partial charge in [0.1, 0.15) is 6.54 Å². The molecule has 1 N–H and O–H groups in total. The van der Waals surface area contributed by atoms with Gasteiger partial charge < -0.3 is 14.2 Å². The quantitative estimate of drug-likeness (QED) is 0.493. The molecule has 1 aliphatic carbocycles. The zero-order valence-corrected chi connectivity index (χ0v) is 16.0. The monoisotopic (exact) mass is 409 g/mol. The van der Waals surface area contributed by atoms with Crippen LogP contribution in [0.2, 0.25) is 0 Å². The summed E-state index contributed by atoms with van der Waals surface area (Å²) in [4.78, 5) is 37.0. The van der Waals surface area contributed by atoms with Gasteiger partial charge in [-0.05, 0) is 37.1 Å². The first-order valence-corrected chi connectivity index (χ1v) is 9.70. The lowest BCUT2D eigenvalue weighted by atomic mass is 10.3. The second kappa shape index (κ2) is 7.21. The molecule has 3 aromatic heterocycles. The number of aromatic nitrogens is 4. The summed E-state index contributed by atoms with van der Waals surface area (Å²) in [6, 6.07) is 10.6. The van der Waals surface area contributed by atoms with E-state index in [0.29, 0.717) is 22.7 Å². The highest BCUT2D eigenvalue weighted by Gasteiger charge is 2.31. The lowest BCUT2D eigenvalue weighted by Crippen LogP contribution is -2.35. The molecule has 0 aliphatic heterocycles. The molecule has 1 saturated carbocycles. The minimum Gasteiger partial charge on any atom is -0.461 e. The predicted molar refractivity (Wildman–Crippen MR) is 106 cm³/mol. The van der Waals surface area contributed by atoms with Crippen molar-refractivity contribution >= 4 is 17.0 Å². The molecule has 1 aromatic carbocycles. The first-order valence-electron chi connectivity index (χ1n) is 9.70. The molecule has 10 nitrogen and oxygen atoms in total. The highest BCUT2D eigenvalue weighted by molar-refractivity contribution is 5.79. The number of amides is 1. The first kappa shape index (κ1) is 18.2. The number of carbonyl (C=O) groups excluding carboxylic acids is 1. The summed E-state index contributed by atoms with van der Waals surface area (Å²) in [5, 5.41) is 7.12. The largest absolute Gasteiger partial charge is 0.461 e. The molecule has 0 bridgehead atoms. The number of furan rings is 1. The number of hydrogen-bond donors (Lipinski definition) is 1. The molecule has 30 heavy (non-hydrogen) atoms. The predicted octanol–water partition coefficient (Wildman–Crippen LogP) is 1.36. The summed E-state index contributed by atoms with van der Waals surface area (Å²) < 4.78 is 14.8. The first-order chi connectivity index (χ1) is 14.6. The number of hydrogen-bond acceptors (Lipinski definition) is 6. The highest BCUT2D eigenvalue weighted by atomic mass is 16.4. The molecule has 1 fully saturated rings. The number of nitrogens with zero attached hydrogens (tertiary/aromatic N) is 4. The maximum Gasteiger partial charge on any atom is 0.420 e. The van der Waals surface area contributed by atoms with Crippen LogP contribution in [-0.2, 0) is 17.9 Å². The summed E-state index contributed by atoms with van der Waals surface area (Å²) in [6.45, 7) is 0.237. The zero-order valence-electron chi connectivity index (χ0n) is 16.0. The van der Waals surface area contributed by atoms with Crippen LogP contribution < -0.4 is 16.8 Å². The minimum atomic E-state index is -0.589. The second-order valence-electron chi connectivity index (χ2n) is 7.18. The average molecular weight is 409 g/mol. The normalized spacial score (nSPS) is 13.7. The molecule has 0 saturated heterocycles. The van der Waals surface area contributed by atoms with Gasteiger partial charge in [-0.2, -0.15) is 0 Å². The van der Waals surface area contributed by atoms with E-state index in [1.54, 1.807) is 41.0 Å². The van der Waals surface area contributed by atoms with Crippen molar-refractivity contribution in [2.45, 2.75) is 32.0 Å². The minimum absolute atomic E-state index is 0.141. The Balaban J connectivity index is 1.27. The summed E-state index contributed by atoms with van der Waals surface area (Å²) in [5.41, 5.74) is 0.758. The zero-order chi connectivity index (χ0) is 20.7. The topological polar surface area (TPSA) is 117 Å². The second-order valence-corrected chi connectivity index (χ2v) is 7.18. The molecule has 1 aliphatic rings. The third-order valence-electron chi connectivity index (χ3n) is 5.05. The maximum atomic E-state index is 12.7. The van der Waals surface area contributed by atoms with Crippen molar-refractivity contribution in [3.8, 4) is 11.6 Å². The van der Waals surface area contributed by atoms with Crippen molar-refractivity contribution in [3.63, 3.8) is 0 Å². The van der Waals surface area contributed by atoms with Crippen molar-refractivity contribution in [1.29, 1.82) is 0 Å². The van der Waals surface area contributed by atoms with Crippen LogP contribution in [0.25, 0.3) is 22.7 Å². The molecular weight excluding hydrogens is 390 g/mol. The molecule has 4 aromatic rings. The fourth-order valence-corrected chi connectivity index (χ4v) is 3.47. The number of nitrogens with one attached hydrogen (secondary N) is 1. The standard InChI is InChI=1S/C20H19N5O5/c26-17(12-23-14-4-1-2-5-15(14)30-20(23)28)21-9-10-24-19(27)25(13-7-8-13)18(22-24)16-6-3-11-29-16/h1-6,11,13H,7-10,12H2,(H,21,26). The number of oxazole rings is 1. The van der Waals surface area contributed by atoms with Crippen LogP contribution in [0, 0.1) is 0 Å². The molecular formula is C20H19N5O5. The number of benzene rings is 1. The van der Waals surface area contributed by atoms with Gasteiger partial charge in [0.2, 0.25) is 11.7 Å². The number of carbonyl (C=O) groups is 1. The molecule has 3 heterocycles. The van der Waals surface area contributed by atoms with Crippen LogP contribution in [-0.4, -0.2) is 31.4 Å². The van der Waals surface area contributed by atoms with Crippen molar-refractivity contribution in [1.82, 2.24) is 24.2 Å². The molecule has 0 spiro atoms. The van der Waals surface area contributed by atoms with Gasteiger partial charge in [-0.3, -0.25) is 13.9 Å². The maximum absolute atomic E-state index is 12.7. The van der Waals surface area contributed by atoms with Crippen molar-refractivity contribution in [2.75, 3.05) is 6.54 Å². The van der Waals surface area contributed by atoms with Crippen LogP contribution in [0.1, 0.15) is 18.9 Å². The smallest absolute Gasteiger partial charge is 0.420 e. The van der Waals surface area contributed by atoms with Crippen molar-refractivity contribution in [2.24, 2.45) is 0 Å². The number of fused-ring (bicyclic) bond motifs is 1. The molecule has 0 radical (unpaired) electrons. The van der Waals surface area contributed by atoms with E-state index in [1.165, 1.54) is 15.5 Å². The Morgan fingerprint density at radius 2 is 2.00 bits per heavy atom. The Bertz CT molecular complexity index is 1320. The molecule has 0 unspecified atom stereocenters. The van der Waals surface area contributed by atoms with Crippen molar-refractivity contribution < 1.29 is 13.6 Å². The Morgan fingerprint density at radius 3 is 2.77 bits per heavy atom. The van der Waals surface area contributed by atoms with Gasteiger partial charge in [-0.25, -0.2) is 14.3 Å². The summed E-state index contributed by atoms with van der Waals surface area (Å²) in [7, 11) is 0. The Labute approximate surface area is 169 Å². The average Bonchev–Trinajstić information content (AvgIpc) is 3.17. The third kappa shape index (κ3) is 3.25. The lowest BCUT2D eigenvalue weighted by Gasteiger charge is -2.05. The lowest BCUT2D eigenvalue weighted by molar-refractivity contribution is -0.121. The Hall–Kier alpha value is -3.82. The van der Waals surface area contributed by atoms with Gasteiger partial charge in [-0.1, -0.05) is 12.1 Å². The van der Waals surface area contributed by atoms with Crippen LogP contribution in [0.4, 0.5) is 0 Å². The van der Waals surface area contributed by atoms with E-state index >= 15 is 0 Å². The van der Waals surface area contributed by atoms with Crippen LogP contribution in [0.15, 0.2) is 61.1 Å². The van der Waals surface area contributed by atoms with E-state index in [9.17, 15) is 14.4 Å². The molecule has 0 atom stereocenters. The fraction of sp³-hybridized carbons (Fsp3) is 0.300. The summed E-state index contributed by atoms with van der Waals surface area (Å²) >= 11 is 0. The van der Waals surface area contributed by atoms with Gasteiger partial charge >= 0.3 is 11.4 Å². The fourth-order valence-electron chi connectivity index (χ4n) is 3.47. The van der Waals surface area contributed by atoms with Gasteiger partial charge in [0.25, 0.3) is 0 Å². The molecule has 154 valence electrons. The Morgan fingerprint density at radius 1 is 1.17 bits per heavy atom. The van der Waals surface area contributed by atoms with E-state index in [2.05, 4.69) is 10.4 Å². The van der Waals surface area contributed by atoms with Gasteiger partial charge in [-0.15, -0.1) is 5.10 Å². The Kier molecular flexibility index (Phi) is 4.38. The van der Waals surface area contributed by atoms with Gasteiger partial charge in [0, 0.05) is 12.6 Å². The van der Waals surface area contributed by atoms with E-state index in [4.69, 9.17) is 8.83 Å². The van der Waals surface area contributed by atoms with Crippen LogP contribution >= 0.6 is 0 Å². The van der Waals surface area contributed by atoms with E-state index < -0.39 is 5.76 Å².